The van der Waals surface area contributed by atoms with E-state index in [2.05, 4.69) is 68.8 Å². The van der Waals surface area contributed by atoms with Gasteiger partial charge in [0.25, 0.3) is 0 Å². The molecule has 25 heavy (non-hydrogen) atoms. The van der Waals surface area contributed by atoms with Crippen LogP contribution in [0.5, 0.6) is 0 Å². The van der Waals surface area contributed by atoms with Crippen LogP contribution in [-0.2, 0) is 0 Å². The normalized spacial score (nSPS) is 14.1. The summed E-state index contributed by atoms with van der Waals surface area (Å²) in [6, 6.07) is 10.4. The third kappa shape index (κ3) is 5.32. The molecule has 1 aromatic heterocycles. The number of benzene rings is 1. The van der Waals surface area contributed by atoms with Crippen LogP contribution in [0.3, 0.4) is 0 Å². The van der Waals surface area contributed by atoms with Crippen molar-refractivity contribution in [2.45, 2.75) is 19.3 Å². The van der Waals surface area contributed by atoms with Crippen LogP contribution in [0.15, 0.2) is 36.5 Å². The Morgan fingerprint density at radius 1 is 1.08 bits per heavy atom. The minimum atomic E-state index is 0.617. The largest absolute Gasteiger partial charge is 0.372 e. The Morgan fingerprint density at radius 2 is 1.84 bits per heavy atom. The van der Waals surface area contributed by atoms with Crippen molar-refractivity contribution in [2.24, 2.45) is 0 Å². The summed E-state index contributed by atoms with van der Waals surface area (Å²) >= 11 is 0. The first-order chi connectivity index (χ1) is 12.2. The minimum absolute atomic E-state index is 0.617. The Balaban J connectivity index is 1.54. The molecule has 0 saturated carbocycles. The highest BCUT2D eigenvalue weighted by Gasteiger charge is 2.11. The zero-order valence-electron chi connectivity index (χ0n) is 15.2. The molecule has 0 aliphatic carbocycles. The van der Waals surface area contributed by atoms with Gasteiger partial charge in [0, 0.05) is 37.2 Å². The summed E-state index contributed by atoms with van der Waals surface area (Å²) in [5, 5.41) is 6.63. The predicted octanol–water partition coefficient (Wildman–Crippen LogP) is 3.18. The Hall–Kier alpha value is -2.34. The summed E-state index contributed by atoms with van der Waals surface area (Å²) in [5.41, 5.74) is 2.30. The highest BCUT2D eigenvalue weighted by atomic mass is 15.2. The number of hydrogen-bond acceptors (Lipinski definition) is 6. The summed E-state index contributed by atoms with van der Waals surface area (Å²) in [6.45, 7) is 4.29. The van der Waals surface area contributed by atoms with Crippen LogP contribution in [0.2, 0.25) is 0 Å². The molecule has 1 aliphatic heterocycles. The van der Waals surface area contributed by atoms with Crippen molar-refractivity contribution >= 4 is 23.1 Å². The second-order valence-corrected chi connectivity index (χ2v) is 6.72. The third-order valence-corrected chi connectivity index (χ3v) is 4.34. The van der Waals surface area contributed by atoms with Crippen molar-refractivity contribution < 1.29 is 0 Å². The maximum atomic E-state index is 4.53. The SMILES string of the molecule is CN(C)CCCNc1ccnc(Nc2ccc(N3CCCC3)cc2)n1. The van der Waals surface area contributed by atoms with Gasteiger partial charge in [-0.1, -0.05) is 0 Å². The van der Waals surface area contributed by atoms with E-state index >= 15 is 0 Å². The lowest BCUT2D eigenvalue weighted by Crippen LogP contribution is -2.17. The molecule has 0 unspecified atom stereocenters. The van der Waals surface area contributed by atoms with Gasteiger partial charge in [0.1, 0.15) is 5.82 Å². The van der Waals surface area contributed by atoms with E-state index in [0.717, 1.165) is 44.1 Å². The van der Waals surface area contributed by atoms with E-state index in [1.807, 2.05) is 6.07 Å². The van der Waals surface area contributed by atoms with Gasteiger partial charge in [-0.2, -0.15) is 4.98 Å². The standard InChI is InChI=1S/C19H28N6/c1-24(2)13-5-11-20-18-10-12-21-19(23-18)22-16-6-8-17(9-7-16)25-14-3-4-15-25/h6-10,12H,3-5,11,13-15H2,1-2H3,(H2,20,21,22,23). The predicted molar refractivity (Wildman–Crippen MR) is 105 cm³/mol. The van der Waals surface area contributed by atoms with Crippen LogP contribution < -0.4 is 15.5 Å². The van der Waals surface area contributed by atoms with Crippen molar-refractivity contribution in [3.63, 3.8) is 0 Å². The molecule has 134 valence electrons. The molecule has 0 atom stereocenters. The molecule has 2 heterocycles. The summed E-state index contributed by atoms with van der Waals surface area (Å²) in [5.74, 6) is 1.47. The van der Waals surface area contributed by atoms with Gasteiger partial charge < -0.3 is 20.4 Å². The second-order valence-electron chi connectivity index (χ2n) is 6.72. The molecule has 0 spiro atoms. The molecule has 1 fully saturated rings. The maximum absolute atomic E-state index is 4.53. The second kappa shape index (κ2) is 8.67. The van der Waals surface area contributed by atoms with Gasteiger partial charge in [-0.05, 0) is 70.2 Å². The molecule has 1 saturated heterocycles. The summed E-state index contributed by atoms with van der Waals surface area (Å²) in [4.78, 5) is 13.4. The Kier molecular flexibility index (Phi) is 6.06. The molecule has 0 amide bonds. The highest BCUT2D eigenvalue weighted by molar-refractivity contribution is 5.60. The van der Waals surface area contributed by atoms with Crippen LogP contribution in [0.4, 0.5) is 23.1 Å². The van der Waals surface area contributed by atoms with Gasteiger partial charge in [0.05, 0.1) is 0 Å². The first kappa shape index (κ1) is 17.5. The molecule has 6 nitrogen and oxygen atoms in total. The smallest absolute Gasteiger partial charge is 0.229 e. The van der Waals surface area contributed by atoms with Crippen LogP contribution in [-0.4, -0.2) is 55.1 Å². The van der Waals surface area contributed by atoms with Crippen molar-refractivity contribution in [3.8, 4) is 0 Å². The quantitative estimate of drug-likeness (QED) is 0.720. The lowest BCUT2D eigenvalue weighted by atomic mass is 10.2. The molecule has 2 aromatic rings. The zero-order chi connectivity index (χ0) is 17.5. The van der Waals surface area contributed by atoms with E-state index in [1.165, 1.54) is 18.5 Å². The van der Waals surface area contributed by atoms with E-state index < -0.39 is 0 Å². The van der Waals surface area contributed by atoms with Crippen molar-refractivity contribution in [2.75, 3.05) is 55.8 Å². The van der Waals surface area contributed by atoms with Crippen molar-refractivity contribution in [3.05, 3.63) is 36.5 Å². The fourth-order valence-corrected chi connectivity index (χ4v) is 2.99. The topological polar surface area (TPSA) is 56.3 Å². The number of anilines is 4. The molecule has 3 rings (SSSR count). The molecular weight excluding hydrogens is 312 g/mol. The van der Waals surface area contributed by atoms with E-state index in [0.29, 0.717) is 5.95 Å². The average Bonchev–Trinajstić information content (AvgIpc) is 3.14. The monoisotopic (exact) mass is 340 g/mol. The molecule has 2 N–H and O–H groups in total. The summed E-state index contributed by atoms with van der Waals surface area (Å²) < 4.78 is 0. The van der Waals surface area contributed by atoms with E-state index in [9.17, 15) is 0 Å². The number of hydrogen-bond donors (Lipinski definition) is 2. The van der Waals surface area contributed by atoms with Gasteiger partial charge in [-0.25, -0.2) is 4.98 Å². The summed E-state index contributed by atoms with van der Waals surface area (Å²) in [6.07, 6.45) is 5.45. The van der Waals surface area contributed by atoms with Gasteiger partial charge in [0.2, 0.25) is 5.95 Å². The first-order valence-corrected chi connectivity index (χ1v) is 9.04. The van der Waals surface area contributed by atoms with Gasteiger partial charge in [-0.3, -0.25) is 0 Å². The van der Waals surface area contributed by atoms with Gasteiger partial charge in [0.15, 0.2) is 0 Å². The van der Waals surface area contributed by atoms with Crippen LogP contribution in [0, 0.1) is 0 Å². The van der Waals surface area contributed by atoms with Crippen molar-refractivity contribution in [1.29, 1.82) is 0 Å². The molecular formula is C19H28N6. The minimum Gasteiger partial charge on any atom is -0.372 e. The van der Waals surface area contributed by atoms with Crippen molar-refractivity contribution in [1.82, 2.24) is 14.9 Å². The fourth-order valence-electron chi connectivity index (χ4n) is 2.99. The average molecular weight is 340 g/mol. The number of rotatable bonds is 8. The molecule has 0 bridgehead atoms. The Labute approximate surface area is 150 Å². The number of aromatic nitrogens is 2. The number of nitrogens with one attached hydrogen (secondary N) is 2. The maximum Gasteiger partial charge on any atom is 0.229 e. The lowest BCUT2D eigenvalue weighted by Gasteiger charge is -2.17. The fraction of sp³-hybridized carbons (Fsp3) is 0.474. The summed E-state index contributed by atoms with van der Waals surface area (Å²) in [7, 11) is 4.17. The zero-order valence-corrected chi connectivity index (χ0v) is 15.2. The molecule has 0 radical (unpaired) electrons. The lowest BCUT2D eigenvalue weighted by molar-refractivity contribution is 0.405. The van der Waals surface area contributed by atoms with Crippen LogP contribution >= 0.6 is 0 Å². The van der Waals surface area contributed by atoms with E-state index in [4.69, 9.17) is 0 Å². The van der Waals surface area contributed by atoms with Crippen LogP contribution in [0.25, 0.3) is 0 Å². The number of nitrogens with zero attached hydrogens (tertiary/aromatic N) is 4. The van der Waals surface area contributed by atoms with E-state index in [-0.39, 0.29) is 0 Å². The Morgan fingerprint density at radius 3 is 2.56 bits per heavy atom. The Bertz CT molecular complexity index is 649. The third-order valence-electron chi connectivity index (χ3n) is 4.34. The molecule has 6 heteroatoms. The van der Waals surface area contributed by atoms with Gasteiger partial charge in [-0.15, -0.1) is 0 Å². The molecule has 1 aliphatic rings. The van der Waals surface area contributed by atoms with Crippen LogP contribution in [0.1, 0.15) is 19.3 Å². The highest BCUT2D eigenvalue weighted by Crippen LogP contribution is 2.23. The first-order valence-electron chi connectivity index (χ1n) is 9.04. The molecule has 1 aromatic carbocycles. The van der Waals surface area contributed by atoms with Gasteiger partial charge >= 0.3 is 0 Å². The van der Waals surface area contributed by atoms with E-state index in [1.54, 1.807) is 6.20 Å².